The predicted octanol–water partition coefficient (Wildman–Crippen LogP) is 5.44. The fourth-order valence-electron chi connectivity index (χ4n) is 3.61. The zero-order valence-electron chi connectivity index (χ0n) is 18.2. The lowest BCUT2D eigenvalue weighted by atomic mass is 9.97. The first-order chi connectivity index (χ1) is 16.4. The van der Waals surface area contributed by atoms with Crippen LogP contribution < -0.4 is 5.32 Å². The molecule has 2 heterocycles. The number of anilines is 1. The minimum Gasteiger partial charge on any atom is -0.355 e. The second-order valence-electron chi connectivity index (χ2n) is 7.74. The third kappa shape index (κ3) is 5.97. The molecule has 1 aliphatic heterocycles. The van der Waals surface area contributed by atoms with Gasteiger partial charge in [0.15, 0.2) is 5.78 Å². The molecule has 9 heteroatoms. The Kier molecular flexibility index (Phi) is 7.88. The summed E-state index contributed by atoms with van der Waals surface area (Å²) in [5, 5.41) is 12.0. The van der Waals surface area contributed by atoms with Crippen LogP contribution in [0.15, 0.2) is 60.8 Å². The highest BCUT2D eigenvalue weighted by atomic mass is 35.5. The van der Waals surface area contributed by atoms with Gasteiger partial charge in [0.05, 0.1) is 5.02 Å². The van der Waals surface area contributed by atoms with Crippen molar-refractivity contribution in [2.24, 2.45) is 0 Å². The van der Waals surface area contributed by atoms with Crippen LogP contribution in [0.25, 0.3) is 0 Å². The molecule has 0 unspecified atom stereocenters. The van der Waals surface area contributed by atoms with Gasteiger partial charge in [0, 0.05) is 58.9 Å². The van der Waals surface area contributed by atoms with Crippen molar-refractivity contribution in [3.63, 3.8) is 0 Å². The number of hydrogen-bond acceptors (Lipinski definition) is 5. The van der Waals surface area contributed by atoms with E-state index in [1.165, 1.54) is 12.3 Å². The molecule has 1 aliphatic rings. The molecule has 1 amide bonds. The molecular weight excluding hydrogens is 491 g/mol. The Morgan fingerprint density at radius 1 is 0.971 bits per heavy atom. The number of carbonyl (C=O) groups excluding carboxylic acids is 2. The molecule has 0 saturated carbocycles. The maximum Gasteiger partial charge on any atom is 0.257 e. The summed E-state index contributed by atoms with van der Waals surface area (Å²) in [6.45, 7) is 1.72. The SMILES string of the molecule is N=C(c1ccc(C(=O)Cc2ccc(Cl)cc2C(=O)Nc2ccc(Cl)cn2)cc1)N1CCSCC1. The third-order valence-electron chi connectivity index (χ3n) is 5.44. The Bertz CT molecular complexity index is 1210. The Balaban J connectivity index is 1.47. The number of thioether (sulfide) groups is 1. The minimum absolute atomic E-state index is 0.0358. The van der Waals surface area contributed by atoms with Gasteiger partial charge in [0.1, 0.15) is 11.7 Å². The fraction of sp³-hybridized carbons (Fsp3) is 0.200. The first-order valence-electron chi connectivity index (χ1n) is 10.7. The van der Waals surface area contributed by atoms with Crippen molar-refractivity contribution < 1.29 is 9.59 Å². The topological polar surface area (TPSA) is 86.1 Å². The highest BCUT2D eigenvalue weighted by Gasteiger charge is 2.18. The summed E-state index contributed by atoms with van der Waals surface area (Å²) in [5.74, 6) is 2.31. The number of hydrogen-bond donors (Lipinski definition) is 2. The van der Waals surface area contributed by atoms with Gasteiger partial charge in [-0.15, -0.1) is 0 Å². The predicted molar refractivity (Wildman–Crippen MR) is 139 cm³/mol. The van der Waals surface area contributed by atoms with Crippen LogP contribution in [0.2, 0.25) is 10.0 Å². The second-order valence-corrected chi connectivity index (χ2v) is 9.84. The summed E-state index contributed by atoms with van der Waals surface area (Å²) in [4.78, 5) is 32.0. The average Bonchev–Trinajstić information content (AvgIpc) is 2.86. The minimum atomic E-state index is -0.413. The molecule has 2 aromatic carbocycles. The average molecular weight is 513 g/mol. The Labute approximate surface area is 212 Å². The fourth-order valence-corrected chi connectivity index (χ4v) is 4.79. The van der Waals surface area contributed by atoms with E-state index in [0.717, 1.165) is 30.2 Å². The maximum absolute atomic E-state index is 13.0. The monoisotopic (exact) mass is 512 g/mol. The van der Waals surface area contributed by atoms with E-state index in [1.807, 2.05) is 11.8 Å². The van der Waals surface area contributed by atoms with Gasteiger partial charge in [-0.2, -0.15) is 11.8 Å². The third-order valence-corrected chi connectivity index (χ3v) is 6.85. The molecule has 3 aromatic rings. The van der Waals surface area contributed by atoms with Crippen LogP contribution in [0, 0.1) is 5.41 Å². The summed E-state index contributed by atoms with van der Waals surface area (Å²) in [7, 11) is 0. The zero-order chi connectivity index (χ0) is 24.1. The van der Waals surface area contributed by atoms with Crippen molar-refractivity contribution in [2.45, 2.75) is 6.42 Å². The van der Waals surface area contributed by atoms with Gasteiger partial charge in [0.25, 0.3) is 5.91 Å². The van der Waals surface area contributed by atoms with Crippen LogP contribution in [0.1, 0.15) is 31.8 Å². The molecule has 0 radical (unpaired) electrons. The summed E-state index contributed by atoms with van der Waals surface area (Å²) < 4.78 is 0. The van der Waals surface area contributed by atoms with Gasteiger partial charge in [-0.25, -0.2) is 4.98 Å². The number of amides is 1. The summed E-state index contributed by atoms with van der Waals surface area (Å²) in [6, 6.07) is 15.2. The van der Waals surface area contributed by atoms with E-state index in [9.17, 15) is 9.59 Å². The van der Waals surface area contributed by atoms with Crippen molar-refractivity contribution >= 4 is 58.3 Å². The number of halogens is 2. The van der Waals surface area contributed by atoms with E-state index >= 15 is 0 Å². The molecule has 4 rings (SSSR count). The number of rotatable bonds is 6. The van der Waals surface area contributed by atoms with E-state index in [0.29, 0.717) is 38.4 Å². The molecule has 0 aliphatic carbocycles. The number of benzene rings is 2. The Morgan fingerprint density at radius 3 is 2.32 bits per heavy atom. The van der Waals surface area contributed by atoms with E-state index in [-0.39, 0.29) is 12.2 Å². The number of amidine groups is 1. The molecule has 0 spiro atoms. The molecule has 1 aromatic heterocycles. The van der Waals surface area contributed by atoms with Crippen molar-refractivity contribution in [3.8, 4) is 0 Å². The van der Waals surface area contributed by atoms with Crippen molar-refractivity contribution in [2.75, 3.05) is 29.9 Å². The standard InChI is InChI=1S/C25H22Cl2N4O2S/c26-19-6-5-18(21(14-19)25(33)30-23-8-7-20(27)15-29-23)13-22(32)16-1-3-17(4-2-16)24(28)31-9-11-34-12-10-31/h1-8,14-15,28H,9-13H2,(H,29,30,33). The number of carbonyl (C=O) groups is 2. The first-order valence-corrected chi connectivity index (χ1v) is 12.6. The summed E-state index contributed by atoms with van der Waals surface area (Å²) in [6.07, 6.45) is 1.47. The lowest BCUT2D eigenvalue weighted by Gasteiger charge is -2.28. The Morgan fingerprint density at radius 2 is 1.65 bits per heavy atom. The van der Waals surface area contributed by atoms with Crippen LogP contribution in [0.4, 0.5) is 5.82 Å². The number of aromatic nitrogens is 1. The summed E-state index contributed by atoms with van der Waals surface area (Å²) in [5.41, 5.74) is 2.17. The van der Waals surface area contributed by atoms with E-state index in [4.69, 9.17) is 28.6 Å². The van der Waals surface area contributed by atoms with Crippen LogP contribution in [-0.2, 0) is 6.42 Å². The molecule has 34 heavy (non-hydrogen) atoms. The molecule has 0 bridgehead atoms. The highest BCUT2D eigenvalue weighted by Crippen LogP contribution is 2.21. The summed E-state index contributed by atoms with van der Waals surface area (Å²) >= 11 is 13.9. The van der Waals surface area contributed by atoms with Crippen LogP contribution in [-0.4, -0.2) is 52.0 Å². The molecule has 2 N–H and O–H groups in total. The van der Waals surface area contributed by atoms with Gasteiger partial charge in [-0.05, 0) is 29.8 Å². The largest absolute Gasteiger partial charge is 0.355 e. The first kappa shape index (κ1) is 24.3. The van der Waals surface area contributed by atoms with E-state index in [1.54, 1.807) is 48.5 Å². The van der Waals surface area contributed by atoms with Gasteiger partial charge in [-0.1, -0.05) is 53.5 Å². The van der Waals surface area contributed by atoms with Gasteiger partial charge >= 0.3 is 0 Å². The van der Waals surface area contributed by atoms with Gasteiger partial charge in [-0.3, -0.25) is 15.0 Å². The van der Waals surface area contributed by atoms with Crippen LogP contribution >= 0.6 is 35.0 Å². The lowest BCUT2D eigenvalue weighted by Crippen LogP contribution is -2.37. The number of Topliss-reactive ketones (excluding diaryl/α,β-unsaturated/α-hetero) is 1. The molecule has 1 saturated heterocycles. The van der Waals surface area contributed by atoms with Crippen LogP contribution in [0.5, 0.6) is 0 Å². The van der Waals surface area contributed by atoms with E-state index < -0.39 is 5.91 Å². The number of nitrogens with one attached hydrogen (secondary N) is 2. The van der Waals surface area contributed by atoms with E-state index in [2.05, 4.69) is 15.2 Å². The smallest absolute Gasteiger partial charge is 0.257 e. The molecule has 1 fully saturated rings. The molecule has 174 valence electrons. The van der Waals surface area contributed by atoms with Crippen molar-refractivity contribution in [3.05, 3.63) is 93.1 Å². The highest BCUT2D eigenvalue weighted by molar-refractivity contribution is 7.99. The van der Waals surface area contributed by atoms with Crippen molar-refractivity contribution in [1.29, 1.82) is 5.41 Å². The number of nitrogens with zero attached hydrogens (tertiary/aromatic N) is 2. The van der Waals surface area contributed by atoms with Crippen LogP contribution in [0.3, 0.4) is 0 Å². The maximum atomic E-state index is 13.0. The molecular formula is C25H22Cl2N4O2S. The second kappa shape index (κ2) is 11.0. The molecule has 0 atom stereocenters. The quantitative estimate of drug-likeness (QED) is 0.261. The molecule has 6 nitrogen and oxygen atoms in total. The normalized spacial score (nSPS) is 13.4. The lowest BCUT2D eigenvalue weighted by molar-refractivity contribution is 0.0992. The number of ketones is 1. The van der Waals surface area contributed by atoms with Crippen molar-refractivity contribution in [1.82, 2.24) is 9.88 Å². The zero-order valence-corrected chi connectivity index (χ0v) is 20.5. The Hall–Kier alpha value is -2.87. The van der Waals surface area contributed by atoms with Gasteiger partial charge < -0.3 is 10.2 Å². The van der Waals surface area contributed by atoms with Gasteiger partial charge in [0.2, 0.25) is 0 Å². The number of pyridine rings is 1.